The van der Waals surface area contributed by atoms with E-state index in [9.17, 15) is 28.8 Å². The van der Waals surface area contributed by atoms with Crippen LogP contribution in [0.4, 0.5) is 0 Å². The molecule has 0 aromatic carbocycles. The highest BCUT2D eigenvalue weighted by Gasteiger charge is 2.27. The third-order valence-electron chi connectivity index (χ3n) is 3.80. The number of hydrogen-bond donors (Lipinski definition) is 7. The Balaban J connectivity index is 4.93. The summed E-state index contributed by atoms with van der Waals surface area (Å²) in [5, 5.41) is 24.3. The van der Waals surface area contributed by atoms with Crippen molar-refractivity contribution < 1.29 is 39.0 Å². The van der Waals surface area contributed by atoms with Gasteiger partial charge in [-0.2, -0.15) is 0 Å². The van der Waals surface area contributed by atoms with Crippen LogP contribution in [-0.4, -0.2) is 69.9 Å². The van der Waals surface area contributed by atoms with E-state index in [1.807, 2.05) is 0 Å². The van der Waals surface area contributed by atoms with Crippen molar-refractivity contribution in [1.82, 2.24) is 16.0 Å². The lowest BCUT2D eigenvalue weighted by Gasteiger charge is -2.22. The summed E-state index contributed by atoms with van der Waals surface area (Å²) in [6.45, 7) is 2.51. The molecule has 0 aliphatic heterocycles. The van der Waals surface area contributed by atoms with Crippen molar-refractivity contribution >= 4 is 35.6 Å². The average Bonchev–Trinajstić information content (AvgIpc) is 2.61. The van der Waals surface area contributed by atoms with E-state index in [2.05, 4.69) is 16.0 Å². The number of nitrogens with two attached hydrogens (primary N) is 2. The number of carboxylic acids is 2. The van der Waals surface area contributed by atoms with E-state index in [1.165, 1.54) is 13.8 Å². The van der Waals surface area contributed by atoms with Crippen LogP contribution in [0.3, 0.4) is 0 Å². The van der Waals surface area contributed by atoms with E-state index in [0.29, 0.717) is 0 Å². The predicted octanol–water partition coefficient (Wildman–Crippen LogP) is -2.98. The molecule has 0 aliphatic rings. The number of hydrogen-bond acceptors (Lipinski definition) is 7. The van der Waals surface area contributed by atoms with Gasteiger partial charge in [-0.25, -0.2) is 0 Å². The molecule has 0 saturated carbocycles. The summed E-state index contributed by atoms with van der Waals surface area (Å²) in [7, 11) is 0. The Labute approximate surface area is 166 Å². The fourth-order valence-electron chi connectivity index (χ4n) is 2.02. The van der Waals surface area contributed by atoms with E-state index in [4.69, 9.17) is 21.7 Å². The zero-order valence-electron chi connectivity index (χ0n) is 16.1. The maximum absolute atomic E-state index is 12.3. The highest BCUT2D eigenvalue weighted by atomic mass is 16.4. The standard InChI is InChI=1S/C16H27N5O8/c1-7(19-14(26)9(17)3-5-11(18)22)13(25)21-10(4-6-12(23)24)15(27)20-8(2)16(28)29/h7-10H,3-6,17H2,1-2H3,(H2,18,22)(H,19,26)(H,20,27)(H,21,25)(H,23,24)(H,28,29)/t7-,8-,9-,10-/m0/s1. The lowest BCUT2D eigenvalue weighted by Crippen LogP contribution is -2.56. The smallest absolute Gasteiger partial charge is 0.325 e. The molecule has 0 unspecified atom stereocenters. The van der Waals surface area contributed by atoms with Gasteiger partial charge in [0.2, 0.25) is 23.6 Å². The summed E-state index contributed by atoms with van der Waals surface area (Å²) in [5.74, 6) is -5.58. The summed E-state index contributed by atoms with van der Waals surface area (Å²) in [4.78, 5) is 68.7. The first-order valence-electron chi connectivity index (χ1n) is 8.74. The van der Waals surface area contributed by atoms with Gasteiger partial charge in [-0.3, -0.25) is 28.8 Å². The minimum atomic E-state index is -1.33. The van der Waals surface area contributed by atoms with Gasteiger partial charge in [0.25, 0.3) is 0 Å². The zero-order valence-corrected chi connectivity index (χ0v) is 16.1. The molecule has 13 nitrogen and oxygen atoms in total. The number of aliphatic carboxylic acids is 2. The number of primary amides is 1. The molecule has 29 heavy (non-hydrogen) atoms. The molecule has 0 heterocycles. The number of carbonyl (C=O) groups excluding carboxylic acids is 4. The number of carbonyl (C=O) groups is 6. The van der Waals surface area contributed by atoms with E-state index in [1.54, 1.807) is 0 Å². The molecule has 0 aliphatic carbocycles. The topological polar surface area (TPSA) is 231 Å². The Morgan fingerprint density at radius 3 is 1.83 bits per heavy atom. The fourth-order valence-corrected chi connectivity index (χ4v) is 2.02. The predicted molar refractivity (Wildman–Crippen MR) is 98.0 cm³/mol. The summed E-state index contributed by atoms with van der Waals surface area (Å²) in [6.07, 6.45) is -0.892. The molecule has 4 amide bonds. The van der Waals surface area contributed by atoms with E-state index >= 15 is 0 Å². The summed E-state index contributed by atoms with van der Waals surface area (Å²) in [5.41, 5.74) is 10.6. The minimum absolute atomic E-state index is 0.0216. The van der Waals surface area contributed by atoms with Gasteiger partial charge in [0.05, 0.1) is 6.04 Å². The highest BCUT2D eigenvalue weighted by Crippen LogP contribution is 2.01. The van der Waals surface area contributed by atoms with Crippen molar-refractivity contribution in [3.05, 3.63) is 0 Å². The number of carboxylic acid groups (broad SMARTS) is 2. The van der Waals surface area contributed by atoms with Crippen molar-refractivity contribution in [3.63, 3.8) is 0 Å². The van der Waals surface area contributed by atoms with Crippen molar-refractivity contribution in [3.8, 4) is 0 Å². The molecule has 0 fully saturated rings. The number of amides is 4. The zero-order chi connectivity index (χ0) is 22.7. The first-order valence-corrected chi connectivity index (χ1v) is 8.74. The molecule has 9 N–H and O–H groups in total. The Morgan fingerprint density at radius 2 is 1.34 bits per heavy atom. The van der Waals surface area contributed by atoms with Crippen LogP contribution in [0, 0.1) is 0 Å². The molecule has 4 atom stereocenters. The second-order valence-electron chi connectivity index (χ2n) is 6.40. The lowest BCUT2D eigenvalue weighted by atomic mass is 10.1. The van der Waals surface area contributed by atoms with Gasteiger partial charge in [-0.15, -0.1) is 0 Å². The summed E-state index contributed by atoms with van der Waals surface area (Å²) in [6, 6.07) is -4.81. The summed E-state index contributed by atoms with van der Waals surface area (Å²) < 4.78 is 0. The first kappa shape index (κ1) is 25.8. The fraction of sp³-hybridized carbons (Fsp3) is 0.625. The molecule has 164 valence electrons. The quantitative estimate of drug-likeness (QED) is 0.162. The second kappa shape index (κ2) is 12.3. The average molecular weight is 417 g/mol. The molecule has 0 saturated heterocycles. The van der Waals surface area contributed by atoms with Crippen molar-refractivity contribution in [2.75, 3.05) is 0 Å². The monoisotopic (exact) mass is 417 g/mol. The van der Waals surface area contributed by atoms with E-state index in [-0.39, 0.29) is 19.3 Å². The van der Waals surface area contributed by atoms with Crippen LogP contribution in [-0.2, 0) is 28.8 Å². The third-order valence-corrected chi connectivity index (χ3v) is 3.80. The SMILES string of the molecule is C[C@H](NC(=O)[C@H](CCC(=O)O)NC(=O)[C@H](C)NC(=O)[C@@H](N)CCC(N)=O)C(=O)O. The Kier molecular flexibility index (Phi) is 10.9. The maximum atomic E-state index is 12.3. The van der Waals surface area contributed by atoms with Crippen LogP contribution >= 0.6 is 0 Å². The van der Waals surface area contributed by atoms with E-state index < -0.39 is 66.2 Å². The molecular weight excluding hydrogens is 390 g/mol. The third kappa shape index (κ3) is 10.6. The van der Waals surface area contributed by atoms with Gasteiger partial charge in [0, 0.05) is 12.8 Å². The van der Waals surface area contributed by atoms with Gasteiger partial charge in [-0.1, -0.05) is 0 Å². The Morgan fingerprint density at radius 1 is 0.793 bits per heavy atom. The number of rotatable bonds is 13. The van der Waals surface area contributed by atoms with Gasteiger partial charge in [0.15, 0.2) is 0 Å². The van der Waals surface area contributed by atoms with Crippen LogP contribution in [0.15, 0.2) is 0 Å². The molecule has 0 spiro atoms. The molecule has 0 rings (SSSR count). The second-order valence-corrected chi connectivity index (χ2v) is 6.40. The molecule has 0 bridgehead atoms. The maximum Gasteiger partial charge on any atom is 0.325 e. The highest BCUT2D eigenvalue weighted by molar-refractivity contribution is 5.94. The van der Waals surface area contributed by atoms with Crippen molar-refractivity contribution in [2.45, 2.75) is 63.7 Å². The Bertz CT molecular complexity index is 653. The van der Waals surface area contributed by atoms with Crippen LogP contribution in [0.5, 0.6) is 0 Å². The van der Waals surface area contributed by atoms with Gasteiger partial charge in [0.1, 0.15) is 18.1 Å². The lowest BCUT2D eigenvalue weighted by molar-refractivity contribution is -0.142. The van der Waals surface area contributed by atoms with E-state index in [0.717, 1.165) is 0 Å². The largest absolute Gasteiger partial charge is 0.481 e. The van der Waals surface area contributed by atoms with Gasteiger partial charge >= 0.3 is 11.9 Å². The van der Waals surface area contributed by atoms with Crippen molar-refractivity contribution in [1.29, 1.82) is 0 Å². The molecular formula is C16H27N5O8. The molecule has 0 radical (unpaired) electrons. The first-order chi connectivity index (χ1) is 13.3. The van der Waals surface area contributed by atoms with Gasteiger partial charge < -0.3 is 37.6 Å². The molecule has 0 aromatic rings. The molecule has 13 heteroatoms. The van der Waals surface area contributed by atoms with Crippen LogP contribution in [0.2, 0.25) is 0 Å². The van der Waals surface area contributed by atoms with Crippen LogP contribution in [0.1, 0.15) is 39.5 Å². The normalized spacial score (nSPS) is 14.6. The summed E-state index contributed by atoms with van der Waals surface area (Å²) >= 11 is 0. The van der Waals surface area contributed by atoms with Crippen LogP contribution < -0.4 is 27.4 Å². The Hall–Kier alpha value is -3.22. The van der Waals surface area contributed by atoms with Gasteiger partial charge in [-0.05, 0) is 26.7 Å². The van der Waals surface area contributed by atoms with Crippen molar-refractivity contribution in [2.24, 2.45) is 11.5 Å². The minimum Gasteiger partial charge on any atom is -0.481 e. The molecule has 0 aromatic heterocycles. The number of nitrogens with one attached hydrogen (secondary N) is 3. The van der Waals surface area contributed by atoms with Crippen LogP contribution in [0.25, 0.3) is 0 Å².